The molecule has 3 heteroatoms. The van der Waals surface area contributed by atoms with Gasteiger partial charge in [-0.3, -0.25) is 4.79 Å². The van der Waals surface area contributed by atoms with Gasteiger partial charge in [0.1, 0.15) is 5.75 Å². The van der Waals surface area contributed by atoms with Gasteiger partial charge in [0.25, 0.3) is 0 Å². The van der Waals surface area contributed by atoms with Crippen LogP contribution in [-0.4, -0.2) is 12.0 Å². The molecule has 2 rings (SSSR count). The second-order valence-corrected chi connectivity index (χ2v) is 4.39. The average Bonchev–Trinajstić information content (AvgIpc) is 2.65. The lowest BCUT2D eigenvalue weighted by Gasteiger charge is -2.13. The van der Waals surface area contributed by atoms with E-state index in [2.05, 4.69) is 5.32 Å². The third-order valence-electron chi connectivity index (χ3n) is 2.65. The number of carbonyl (C=O) groups is 1. The lowest BCUT2D eigenvalue weighted by molar-refractivity contribution is -0.119. The Kier molecular flexibility index (Phi) is 3.13. The molecular weight excluding hydrogens is 202 g/mol. The molecule has 16 heavy (non-hydrogen) atoms. The first-order valence-corrected chi connectivity index (χ1v) is 5.71. The van der Waals surface area contributed by atoms with Gasteiger partial charge in [-0.25, -0.2) is 0 Å². The van der Waals surface area contributed by atoms with Crippen molar-refractivity contribution in [3.05, 3.63) is 29.8 Å². The van der Waals surface area contributed by atoms with Crippen LogP contribution in [0.1, 0.15) is 38.3 Å². The predicted molar refractivity (Wildman–Crippen MR) is 62.3 cm³/mol. The Morgan fingerprint density at radius 1 is 1.31 bits per heavy atom. The minimum absolute atomic E-state index is 0.146. The molecular formula is C13H17NO2. The molecule has 1 heterocycles. The SMILES string of the molecule is CC(C)Oc1ccc(C2CCC(=O)N2)cc1. The molecule has 1 aliphatic rings. The van der Waals surface area contributed by atoms with Crippen molar-refractivity contribution in [3.8, 4) is 5.75 Å². The highest BCUT2D eigenvalue weighted by atomic mass is 16.5. The molecule has 0 radical (unpaired) electrons. The fraction of sp³-hybridized carbons (Fsp3) is 0.462. The number of rotatable bonds is 3. The summed E-state index contributed by atoms with van der Waals surface area (Å²) in [6.07, 6.45) is 1.72. The Morgan fingerprint density at radius 2 is 2.00 bits per heavy atom. The number of hydrogen-bond acceptors (Lipinski definition) is 2. The topological polar surface area (TPSA) is 38.3 Å². The van der Waals surface area contributed by atoms with Crippen LogP contribution in [0.5, 0.6) is 5.75 Å². The first kappa shape index (κ1) is 11.0. The van der Waals surface area contributed by atoms with E-state index in [0.717, 1.165) is 17.7 Å². The van der Waals surface area contributed by atoms with Crippen LogP contribution in [-0.2, 0) is 4.79 Å². The van der Waals surface area contributed by atoms with E-state index in [1.165, 1.54) is 0 Å². The zero-order valence-corrected chi connectivity index (χ0v) is 9.69. The number of ether oxygens (including phenoxy) is 1. The highest BCUT2D eigenvalue weighted by Gasteiger charge is 2.21. The van der Waals surface area contributed by atoms with Crippen molar-refractivity contribution in [2.24, 2.45) is 0 Å². The van der Waals surface area contributed by atoms with E-state index in [1.807, 2.05) is 38.1 Å². The van der Waals surface area contributed by atoms with E-state index < -0.39 is 0 Å². The van der Waals surface area contributed by atoms with Gasteiger partial charge in [-0.2, -0.15) is 0 Å². The molecule has 1 aromatic carbocycles. The number of amides is 1. The lowest BCUT2D eigenvalue weighted by atomic mass is 10.1. The Hall–Kier alpha value is -1.51. The minimum atomic E-state index is 0.146. The fourth-order valence-electron chi connectivity index (χ4n) is 1.91. The maximum absolute atomic E-state index is 11.1. The minimum Gasteiger partial charge on any atom is -0.491 e. The molecule has 1 aliphatic heterocycles. The van der Waals surface area contributed by atoms with Crippen LogP contribution >= 0.6 is 0 Å². The van der Waals surface area contributed by atoms with Gasteiger partial charge in [0, 0.05) is 6.42 Å². The summed E-state index contributed by atoms with van der Waals surface area (Å²) in [7, 11) is 0. The molecule has 1 N–H and O–H groups in total. The molecule has 3 nitrogen and oxygen atoms in total. The van der Waals surface area contributed by atoms with Gasteiger partial charge in [-0.15, -0.1) is 0 Å². The van der Waals surface area contributed by atoms with Crippen LogP contribution < -0.4 is 10.1 Å². The highest BCUT2D eigenvalue weighted by molar-refractivity contribution is 5.78. The van der Waals surface area contributed by atoms with Crippen molar-refractivity contribution < 1.29 is 9.53 Å². The maximum Gasteiger partial charge on any atom is 0.220 e. The molecule has 0 spiro atoms. The zero-order valence-electron chi connectivity index (χ0n) is 9.69. The summed E-state index contributed by atoms with van der Waals surface area (Å²) in [6, 6.07) is 8.14. The summed E-state index contributed by atoms with van der Waals surface area (Å²) in [6.45, 7) is 4.01. The molecule has 1 fully saturated rings. The standard InChI is InChI=1S/C13H17NO2/c1-9(2)16-11-5-3-10(4-6-11)12-7-8-13(15)14-12/h3-6,9,12H,7-8H2,1-2H3,(H,14,15). The molecule has 1 unspecified atom stereocenters. The number of hydrogen-bond donors (Lipinski definition) is 1. The second kappa shape index (κ2) is 4.56. The van der Waals surface area contributed by atoms with Crippen LogP contribution in [0.2, 0.25) is 0 Å². The predicted octanol–water partition coefficient (Wildman–Crippen LogP) is 2.42. The number of carbonyl (C=O) groups excluding carboxylic acids is 1. The van der Waals surface area contributed by atoms with Gasteiger partial charge in [0.2, 0.25) is 5.91 Å². The molecule has 0 bridgehead atoms. The van der Waals surface area contributed by atoms with Crippen LogP contribution in [0.15, 0.2) is 24.3 Å². The van der Waals surface area contributed by atoms with E-state index in [9.17, 15) is 4.79 Å². The van der Waals surface area contributed by atoms with E-state index in [0.29, 0.717) is 6.42 Å². The van der Waals surface area contributed by atoms with Crippen LogP contribution in [0.3, 0.4) is 0 Å². The fourth-order valence-corrected chi connectivity index (χ4v) is 1.91. The number of benzene rings is 1. The van der Waals surface area contributed by atoms with Crippen molar-refractivity contribution in [2.45, 2.75) is 38.8 Å². The Labute approximate surface area is 95.8 Å². The van der Waals surface area contributed by atoms with Crippen LogP contribution in [0.4, 0.5) is 0 Å². The molecule has 1 amide bonds. The third kappa shape index (κ3) is 2.54. The monoisotopic (exact) mass is 219 g/mol. The quantitative estimate of drug-likeness (QED) is 0.847. The van der Waals surface area contributed by atoms with Gasteiger partial charge >= 0.3 is 0 Å². The molecule has 1 atom stereocenters. The van der Waals surface area contributed by atoms with E-state index in [-0.39, 0.29) is 18.1 Å². The van der Waals surface area contributed by atoms with Crippen molar-refractivity contribution in [2.75, 3.05) is 0 Å². The van der Waals surface area contributed by atoms with Crippen molar-refractivity contribution in [3.63, 3.8) is 0 Å². The van der Waals surface area contributed by atoms with E-state index in [4.69, 9.17) is 4.74 Å². The molecule has 0 aromatic heterocycles. The smallest absolute Gasteiger partial charge is 0.220 e. The van der Waals surface area contributed by atoms with Gasteiger partial charge < -0.3 is 10.1 Å². The van der Waals surface area contributed by atoms with Crippen molar-refractivity contribution in [1.82, 2.24) is 5.32 Å². The van der Waals surface area contributed by atoms with Gasteiger partial charge in [0.15, 0.2) is 0 Å². The molecule has 0 aliphatic carbocycles. The normalized spacial score (nSPS) is 19.9. The van der Waals surface area contributed by atoms with Gasteiger partial charge in [0.05, 0.1) is 12.1 Å². The summed E-state index contributed by atoms with van der Waals surface area (Å²) < 4.78 is 5.57. The summed E-state index contributed by atoms with van der Waals surface area (Å²) in [5.74, 6) is 1.02. The third-order valence-corrected chi connectivity index (χ3v) is 2.65. The Balaban J connectivity index is 2.04. The first-order valence-electron chi connectivity index (χ1n) is 5.71. The lowest BCUT2D eigenvalue weighted by Crippen LogP contribution is -2.18. The van der Waals surface area contributed by atoms with Crippen LogP contribution in [0, 0.1) is 0 Å². The Bertz CT molecular complexity index is 370. The zero-order chi connectivity index (χ0) is 11.5. The average molecular weight is 219 g/mol. The summed E-state index contributed by atoms with van der Waals surface area (Å²) in [4.78, 5) is 11.1. The number of nitrogens with one attached hydrogen (secondary N) is 1. The Morgan fingerprint density at radius 3 is 2.50 bits per heavy atom. The largest absolute Gasteiger partial charge is 0.491 e. The summed E-state index contributed by atoms with van der Waals surface area (Å²) in [5, 5.41) is 2.95. The molecule has 86 valence electrons. The van der Waals surface area contributed by atoms with Gasteiger partial charge in [-0.1, -0.05) is 12.1 Å². The van der Waals surface area contributed by atoms with Crippen LogP contribution in [0.25, 0.3) is 0 Å². The highest BCUT2D eigenvalue weighted by Crippen LogP contribution is 2.25. The summed E-state index contributed by atoms with van der Waals surface area (Å²) in [5.41, 5.74) is 1.15. The van der Waals surface area contributed by atoms with E-state index >= 15 is 0 Å². The second-order valence-electron chi connectivity index (χ2n) is 4.39. The van der Waals surface area contributed by atoms with Crippen molar-refractivity contribution >= 4 is 5.91 Å². The van der Waals surface area contributed by atoms with Crippen molar-refractivity contribution in [1.29, 1.82) is 0 Å². The molecule has 0 saturated carbocycles. The maximum atomic E-state index is 11.1. The molecule has 1 aromatic rings. The molecule has 1 saturated heterocycles. The van der Waals surface area contributed by atoms with E-state index in [1.54, 1.807) is 0 Å². The summed E-state index contributed by atoms with van der Waals surface area (Å²) >= 11 is 0. The first-order chi connectivity index (χ1) is 7.65. The van der Waals surface area contributed by atoms with Gasteiger partial charge in [-0.05, 0) is 38.0 Å².